The standard InChI is InChI=1S/C19H16N4O2/c1-10-7-8-12(9-11(10)2)23-17(20)15(19(24)25)16-18(23)22-14-6-4-3-5-13(14)21-16/h3-9H,20H2,1-2H3,(H,24,25). The number of carbonyl (C=O) groups is 1. The summed E-state index contributed by atoms with van der Waals surface area (Å²) in [5.41, 5.74) is 11.2. The van der Waals surface area contributed by atoms with Crippen molar-refractivity contribution in [2.24, 2.45) is 0 Å². The van der Waals surface area contributed by atoms with Crippen LogP contribution in [0.4, 0.5) is 5.82 Å². The molecule has 0 saturated heterocycles. The van der Waals surface area contributed by atoms with Crippen LogP contribution in [0.2, 0.25) is 0 Å². The van der Waals surface area contributed by atoms with E-state index in [2.05, 4.69) is 9.97 Å². The molecule has 0 unspecified atom stereocenters. The van der Waals surface area contributed by atoms with E-state index in [0.29, 0.717) is 22.2 Å². The molecule has 0 aliphatic heterocycles. The third kappa shape index (κ3) is 2.22. The Bertz CT molecular complexity index is 1160. The van der Waals surface area contributed by atoms with Crippen molar-refractivity contribution in [2.75, 3.05) is 5.73 Å². The molecule has 2 aromatic heterocycles. The van der Waals surface area contributed by atoms with E-state index >= 15 is 0 Å². The SMILES string of the molecule is Cc1ccc(-n2c(N)c(C(=O)O)c3nc4ccccc4nc32)cc1C. The van der Waals surface area contributed by atoms with Crippen LogP contribution in [0.1, 0.15) is 21.5 Å². The highest BCUT2D eigenvalue weighted by molar-refractivity contribution is 6.08. The van der Waals surface area contributed by atoms with Crippen LogP contribution in [-0.4, -0.2) is 25.6 Å². The molecule has 0 saturated carbocycles. The monoisotopic (exact) mass is 332 g/mol. The lowest BCUT2D eigenvalue weighted by Crippen LogP contribution is -2.05. The molecule has 0 aliphatic rings. The third-order valence-corrected chi connectivity index (χ3v) is 4.46. The summed E-state index contributed by atoms with van der Waals surface area (Å²) in [6, 6.07) is 13.2. The van der Waals surface area contributed by atoms with Crippen LogP contribution in [0.25, 0.3) is 27.9 Å². The molecule has 2 heterocycles. The molecule has 25 heavy (non-hydrogen) atoms. The number of nitrogens with two attached hydrogens (primary N) is 1. The fraction of sp³-hybridized carbons (Fsp3) is 0.105. The van der Waals surface area contributed by atoms with E-state index in [0.717, 1.165) is 16.8 Å². The number of rotatable bonds is 2. The summed E-state index contributed by atoms with van der Waals surface area (Å²) < 4.78 is 1.66. The molecule has 4 rings (SSSR count). The zero-order valence-electron chi connectivity index (χ0n) is 13.8. The van der Waals surface area contributed by atoms with E-state index < -0.39 is 5.97 Å². The van der Waals surface area contributed by atoms with Crippen molar-refractivity contribution < 1.29 is 9.90 Å². The summed E-state index contributed by atoms with van der Waals surface area (Å²) in [4.78, 5) is 20.9. The summed E-state index contributed by atoms with van der Waals surface area (Å²) in [6.45, 7) is 4.02. The fourth-order valence-electron chi connectivity index (χ4n) is 3.00. The zero-order valence-corrected chi connectivity index (χ0v) is 13.8. The summed E-state index contributed by atoms with van der Waals surface area (Å²) in [7, 11) is 0. The van der Waals surface area contributed by atoms with Gasteiger partial charge in [0.2, 0.25) is 0 Å². The van der Waals surface area contributed by atoms with Gasteiger partial charge in [-0.05, 0) is 49.2 Å². The Hall–Kier alpha value is -3.41. The first kappa shape index (κ1) is 15.1. The van der Waals surface area contributed by atoms with E-state index in [1.54, 1.807) is 10.6 Å². The first-order chi connectivity index (χ1) is 12.0. The van der Waals surface area contributed by atoms with E-state index in [-0.39, 0.29) is 11.4 Å². The van der Waals surface area contributed by atoms with Crippen molar-refractivity contribution in [2.45, 2.75) is 13.8 Å². The highest BCUT2D eigenvalue weighted by Gasteiger charge is 2.24. The lowest BCUT2D eigenvalue weighted by atomic mass is 10.1. The second-order valence-corrected chi connectivity index (χ2v) is 6.05. The van der Waals surface area contributed by atoms with Crippen molar-refractivity contribution in [3.05, 3.63) is 59.2 Å². The molecule has 3 N–H and O–H groups in total. The molecular formula is C19H16N4O2. The van der Waals surface area contributed by atoms with E-state index in [4.69, 9.17) is 5.73 Å². The van der Waals surface area contributed by atoms with Crippen molar-refractivity contribution >= 4 is 34.0 Å². The summed E-state index contributed by atoms with van der Waals surface area (Å²) in [5.74, 6) is -0.990. The third-order valence-electron chi connectivity index (χ3n) is 4.46. The molecular weight excluding hydrogens is 316 g/mol. The number of aryl methyl sites for hydroxylation is 2. The van der Waals surface area contributed by atoms with Crippen molar-refractivity contribution in [1.29, 1.82) is 0 Å². The van der Waals surface area contributed by atoms with E-state index in [1.807, 2.05) is 50.2 Å². The van der Waals surface area contributed by atoms with Gasteiger partial charge >= 0.3 is 5.97 Å². The van der Waals surface area contributed by atoms with Gasteiger partial charge in [0.05, 0.1) is 11.0 Å². The number of nitrogens with zero attached hydrogens (tertiary/aromatic N) is 3. The maximum absolute atomic E-state index is 11.8. The zero-order chi connectivity index (χ0) is 17.7. The maximum atomic E-state index is 11.8. The number of benzene rings is 2. The number of carboxylic acids is 1. The van der Waals surface area contributed by atoms with Crippen LogP contribution in [0.5, 0.6) is 0 Å². The molecule has 0 bridgehead atoms. The Kier molecular flexibility index (Phi) is 3.21. The highest BCUT2D eigenvalue weighted by atomic mass is 16.4. The van der Waals surface area contributed by atoms with Crippen LogP contribution in [0.3, 0.4) is 0 Å². The lowest BCUT2D eigenvalue weighted by molar-refractivity contribution is 0.0700. The number of anilines is 1. The van der Waals surface area contributed by atoms with Crippen LogP contribution >= 0.6 is 0 Å². The molecule has 124 valence electrons. The van der Waals surface area contributed by atoms with Gasteiger partial charge < -0.3 is 10.8 Å². The van der Waals surface area contributed by atoms with Crippen LogP contribution in [0.15, 0.2) is 42.5 Å². The minimum Gasteiger partial charge on any atom is -0.477 e. The number of hydrogen-bond acceptors (Lipinski definition) is 4. The lowest BCUT2D eigenvalue weighted by Gasteiger charge is -2.10. The van der Waals surface area contributed by atoms with Crippen molar-refractivity contribution in [3.63, 3.8) is 0 Å². The predicted molar refractivity (Wildman–Crippen MR) is 97.2 cm³/mol. The molecule has 0 spiro atoms. The quantitative estimate of drug-likeness (QED) is 0.586. The molecule has 0 amide bonds. The average molecular weight is 332 g/mol. The number of fused-ring (bicyclic) bond motifs is 2. The van der Waals surface area contributed by atoms with Crippen LogP contribution in [0, 0.1) is 13.8 Å². The first-order valence-electron chi connectivity index (χ1n) is 7.85. The number of aromatic carboxylic acids is 1. The van der Waals surface area contributed by atoms with E-state index in [1.165, 1.54) is 0 Å². The molecule has 4 aromatic rings. The summed E-state index contributed by atoms with van der Waals surface area (Å²) in [6.07, 6.45) is 0. The Morgan fingerprint density at radius 2 is 1.72 bits per heavy atom. The van der Waals surface area contributed by atoms with Crippen LogP contribution < -0.4 is 5.73 Å². The first-order valence-corrected chi connectivity index (χ1v) is 7.85. The Balaban J connectivity index is 2.15. The van der Waals surface area contributed by atoms with Gasteiger partial charge in [-0.15, -0.1) is 0 Å². The van der Waals surface area contributed by atoms with Gasteiger partial charge in [-0.1, -0.05) is 18.2 Å². The number of para-hydroxylation sites is 2. The Morgan fingerprint density at radius 1 is 1.04 bits per heavy atom. The molecule has 6 nitrogen and oxygen atoms in total. The Labute approximate surface area is 143 Å². The molecule has 2 aromatic carbocycles. The molecule has 0 atom stereocenters. The highest BCUT2D eigenvalue weighted by Crippen LogP contribution is 2.31. The number of carboxylic acid groups (broad SMARTS) is 1. The summed E-state index contributed by atoms with van der Waals surface area (Å²) in [5, 5.41) is 9.63. The second-order valence-electron chi connectivity index (χ2n) is 6.05. The topological polar surface area (TPSA) is 94.0 Å². The molecule has 0 fully saturated rings. The van der Waals surface area contributed by atoms with Gasteiger partial charge in [0.1, 0.15) is 16.9 Å². The minimum absolute atomic E-state index is 0.0218. The van der Waals surface area contributed by atoms with Crippen molar-refractivity contribution in [1.82, 2.24) is 14.5 Å². The van der Waals surface area contributed by atoms with Gasteiger partial charge in [-0.3, -0.25) is 4.57 Å². The normalized spacial score (nSPS) is 11.3. The number of aromatic nitrogens is 3. The molecule has 0 aliphatic carbocycles. The minimum atomic E-state index is -1.12. The number of nitrogen functional groups attached to an aromatic ring is 1. The van der Waals surface area contributed by atoms with E-state index in [9.17, 15) is 9.90 Å². The van der Waals surface area contributed by atoms with Crippen molar-refractivity contribution in [3.8, 4) is 5.69 Å². The van der Waals surface area contributed by atoms with Crippen LogP contribution in [-0.2, 0) is 0 Å². The van der Waals surface area contributed by atoms with Gasteiger partial charge in [0.25, 0.3) is 0 Å². The van der Waals surface area contributed by atoms with Gasteiger partial charge in [0.15, 0.2) is 5.65 Å². The average Bonchev–Trinajstić information content (AvgIpc) is 2.86. The molecule has 6 heteroatoms. The fourth-order valence-corrected chi connectivity index (χ4v) is 3.00. The summed E-state index contributed by atoms with van der Waals surface area (Å²) >= 11 is 0. The smallest absolute Gasteiger partial charge is 0.341 e. The largest absolute Gasteiger partial charge is 0.477 e. The van der Waals surface area contributed by atoms with Gasteiger partial charge in [0, 0.05) is 5.69 Å². The molecule has 0 radical (unpaired) electrons. The van der Waals surface area contributed by atoms with Gasteiger partial charge in [-0.2, -0.15) is 0 Å². The maximum Gasteiger partial charge on any atom is 0.341 e. The predicted octanol–water partition coefficient (Wildman–Crippen LogP) is 3.47. The number of hydrogen-bond donors (Lipinski definition) is 2. The van der Waals surface area contributed by atoms with Gasteiger partial charge in [-0.25, -0.2) is 14.8 Å². The second kappa shape index (κ2) is 5.31. The Morgan fingerprint density at radius 3 is 2.36 bits per heavy atom.